The molecule has 0 aliphatic carbocycles. The van der Waals surface area contributed by atoms with Crippen LogP contribution >= 0.6 is 0 Å². The zero-order valence-corrected chi connectivity index (χ0v) is 35.6. The number of ether oxygens (including phenoxy) is 1. The summed E-state index contributed by atoms with van der Waals surface area (Å²) in [6, 6.07) is 35.3. The van der Waals surface area contributed by atoms with E-state index >= 15 is 0 Å². The fourth-order valence-corrected chi connectivity index (χ4v) is 7.10. The van der Waals surface area contributed by atoms with Crippen molar-refractivity contribution < 1.29 is 30.4 Å². The van der Waals surface area contributed by atoms with Crippen LogP contribution in [-0.2, 0) is 44.7 Å². The second-order valence-electron chi connectivity index (χ2n) is 17.4. The molecule has 282 valence electrons. The molecule has 3 aromatic heterocycles. The first kappa shape index (κ1) is 39.2. The molecule has 0 saturated carbocycles. The minimum absolute atomic E-state index is 0. The third kappa shape index (κ3) is 8.42. The van der Waals surface area contributed by atoms with Crippen LogP contribution in [0.1, 0.15) is 91.5 Å². The van der Waals surface area contributed by atoms with Crippen LogP contribution in [-0.4, -0.2) is 14.1 Å². The Morgan fingerprint density at radius 3 is 2.07 bits per heavy atom. The molecule has 0 unspecified atom stereocenters. The van der Waals surface area contributed by atoms with Crippen LogP contribution in [0, 0.1) is 30.3 Å². The minimum Gasteiger partial charge on any atom is -0.510 e. The van der Waals surface area contributed by atoms with Crippen LogP contribution in [0.15, 0.2) is 97.5 Å². The molecule has 7 rings (SSSR count). The molecule has 0 fully saturated rings. The van der Waals surface area contributed by atoms with Gasteiger partial charge in [0.25, 0.3) is 6.33 Å². The van der Waals surface area contributed by atoms with Gasteiger partial charge < -0.3 is 13.9 Å². The number of aromatic nitrogens is 4. The molecule has 0 aliphatic rings. The predicted molar refractivity (Wildman–Crippen MR) is 217 cm³/mol. The Morgan fingerprint density at radius 2 is 1.41 bits per heavy atom. The van der Waals surface area contributed by atoms with E-state index in [9.17, 15) is 0 Å². The van der Waals surface area contributed by atoms with Gasteiger partial charge in [0.05, 0.1) is 5.69 Å². The average Bonchev–Trinajstić information content (AvgIpc) is 3.70. The Labute approximate surface area is 336 Å². The van der Waals surface area contributed by atoms with E-state index in [1.807, 2.05) is 16.8 Å². The molecule has 4 aromatic carbocycles. The largest absolute Gasteiger partial charge is 0.510 e. The fourth-order valence-electron chi connectivity index (χ4n) is 7.10. The Bertz CT molecular complexity index is 2390. The normalized spacial score (nSPS) is 12.2. The van der Waals surface area contributed by atoms with Crippen LogP contribution in [0.2, 0.25) is 0 Å². The van der Waals surface area contributed by atoms with Gasteiger partial charge in [0, 0.05) is 56.7 Å². The zero-order chi connectivity index (χ0) is 37.7. The summed E-state index contributed by atoms with van der Waals surface area (Å²) in [6.07, 6.45) is 11.7. The summed E-state index contributed by atoms with van der Waals surface area (Å²) in [5.74, 6) is 3.28. The number of pyridine rings is 1. The van der Waals surface area contributed by atoms with Crippen molar-refractivity contribution in [3.63, 3.8) is 0 Å². The van der Waals surface area contributed by atoms with E-state index in [0.29, 0.717) is 23.3 Å². The Hall–Kier alpha value is -4.47. The maximum atomic E-state index is 6.67. The van der Waals surface area contributed by atoms with Crippen molar-refractivity contribution in [2.24, 2.45) is 11.8 Å². The number of fused-ring (bicyclic) bond motifs is 3. The van der Waals surface area contributed by atoms with Gasteiger partial charge in [-0.1, -0.05) is 110 Å². The molecule has 0 aliphatic heterocycles. The van der Waals surface area contributed by atoms with E-state index in [4.69, 9.17) is 9.72 Å². The number of nitrogens with zero attached hydrogens (tertiary/aromatic N) is 4. The number of benzene rings is 4. The minimum atomic E-state index is -0.119. The van der Waals surface area contributed by atoms with Gasteiger partial charge >= 0.3 is 0 Å². The molecule has 0 bridgehead atoms. The van der Waals surface area contributed by atoms with Gasteiger partial charge in [0.2, 0.25) is 0 Å². The van der Waals surface area contributed by atoms with Gasteiger partial charge in [-0.25, -0.2) is 4.98 Å². The third-order valence-corrected chi connectivity index (χ3v) is 9.76. The number of imidazole rings is 1. The van der Waals surface area contributed by atoms with Crippen LogP contribution in [0.3, 0.4) is 0 Å². The van der Waals surface area contributed by atoms with Crippen LogP contribution in [0.5, 0.6) is 11.5 Å². The molecular weight excluding hydrogens is 844 g/mol. The van der Waals surface area contributed by atoms with Gasteiger partial charge in [0.1, 0.15) is 5.82 Å². The molecular formula is C48H52N4OPt-2. The Morgan fingerprint density at radius 1 is 0.722 bits per heavy atom. The molecule has 0 amide bonds. The second-order valence-corrected chi connectivity index (χ2v) is 17.4. The van der Waals surface area contributed by atoms with E-state index in [0.717, 1.165) is 57.4 Å². The van der Waals surface area contributed by atoms with Crippen molar-refractivity contribution in [1.29, 1.82) is 0 Å². The molecule has 0 atom stereocenters. The number of para-hydroxylation sites is 1. The topological polar surface area (TPSA) is 35.9 Å². The van der Waals surface area contributed by atoms with Crippen molar-refractivity contribution >= 4 is 21.8 Å². The maximum absolute atomic E-state index is 6.67. The van der Waals surface area contributed by atoms with E-state index in [-0.39, 0.29) is 31.9 Å². The van der Waals surface area contributed by atoms with E-state index in [1.165, 1.54) is 16.7 Å². The first-order chi connectivity index (χ1) is 25.1. The number of rotatable bonds is 9. The van der Waals surface area contributed by atoms with E-state index < -0.39 is 0 Å². The molecule has 0 spiro atoms. The molecule has 0 saturated heterocycles. The Balaban J connectivity index is 0.00000497. The Kier molecular flexibility index (Phi) is 11.1. The summed E-state index contributed by atoms with van der Waals surface area (Å²) in [5, 5.41) is 2.25. The summed E-state index contributed by atoms with van der Waals surface area (Å²) in [5.41, 5.74) is 8.97. The van der Waals surface area contributed by atoms with Crippen molar-refractivity contribution in [1.82, 2.24) is 14.1 Å². The maximum Gasteiger partial charge on any atom is 0.267 e. The first-order valence-electron chi connectivity index (χ1n) is 19.0. The number of hydrogen-bond acceptors (Lipinski definition) is 2. The van der Waals surface area contributed by atoms with Gasteiger partial charge in [0.15, 0.2) is 0 Å². The van der Waals surface area contributed by atoms with Crippen LogP contribution in [0.25, 0.3) is 39.0 Å². The summed E-state index contributed by atoms with van der Waals surface area (Å²) < 4.78 is 13.0. The molecule has 54 heavy (non-hydrogen) atoms. The van der Waals surface area contributed by atoms with Gasteiger partial charge in [-0.2, -0.15) is 17.7 Å². The average molecular weight is 896 g/mol. The summed E-state index contributed by atoms with van der Waals surface area (Å²) in [4.78, 5) is 4.84. The monoisotopic (exact) mass is 895 g/mol. The van der Waals surface area contributed by atoms with Crippen molar-refractivity contribution in [2.75, 3.05) is 0 Å². The number of hydrogen-bond donors (Lipinski definition) is 0. The van der Waals surface area contributed by atoms with Crippen LogP contribution in [0.4, 0.5) is 0 Å². The van der Waals surface area contributed by atoms with E-state index in [1.54, 1.807) is 0 Å². The molecule has 7 aromatic rings. The SMILES string of the molecule is CC(C)Cc1cc(CC(C)C)cc(-[n+]2[c-]n(-c3[c-]c(Oc4[c-]c5c(cc4)c4ccccc4n5-c4cc(C(C)(C)C)ccn4)cc(C(C)(C)C)c3)cc2)c1.[Pt]. The van der Waals surface area contributed by atoms with Gasteiger partial charge in [-0.05, 0) is 82.5 Å². The summed E-state index contributed by atoms with van der Waals surface area (Å²) >= 11 is 0. The predicted octanol–water partition coefficient (Wildman–Crippen LogP) is 11.4. The van der Waals surface area contributed by atoms with Crippen molar-refractivity contribution in [2.45, 2.75) is 92.9 Å². The van der Waals surface area contributed by atoms with Crippen molar-refractivity contribution in [3.05, 3.63) is 138 Å². The van der Waals surface area contributed by atoms with Crippen LogP contribution < -0.4 is 9.30 Å². The molecule has 0 radical (unpaired) electrons. The zero-order valence-electron chi connectivity index (χ0n) is 33.3. The van der Waals surface area contributed by atoms with Gasteiger partial charge in [-0.15, -0.1) is 29.7 Å². The fraction of sp³-hybridized carbons (Fsp3) is 0.333. The molecule has 6 heteroatoms. The van der Waals surface area contributed by atoms with Crippen molar-refractivity contribution in [3.8, 4) is 28.7 Å². The smallest absolute Gasteiger partial charge is 0.267 e. The molecule has 3 heterocycles. The molecule has 0 N–H and O–H groups in total. The second kappa shape index (κ2) is 15.3. The molecule has 5 nitrogen and oxygen atoms in total. The summed E-state index contributed by atoms with van der Waals surface area (Å²) in [7, 11) is 0. The first-order valence-corrected chi connectivity index (χ1v) is 19.0. The third-order valence-electron chi connectivity index (χ3n) is 9.76. The standard InChI is InChI=1S/C48H52N4O.Pt/c1-32(2)21-34-23-35(22-33(3)4)25-38(24-34)50-19-20-51(31-50)39-26-37(48(8,9)10)27-41(29-39)53-40-15-16-43-42-13-11-12-14-44(42)52(45(43)30-40)46-28-36(17-18-49-46)47(5,6)7;/h11-20,23-28,32-33H,21-22H2,1-10H3;/q-2;. The quantitative estimate of drug-likeness (QED) is 0.107. The van der Waals surface area contributed by atoms with Gasteiger partial charge in [-0.3, -0.25) is 4.57 Å². The van der Waals surface area contributed by atoms with E-state index in [2.05, 4.69) is 182 Å². The summed E-state index contributed by atoms with van der Waals surface area (Å²) in [6.45, 7) is 22.5.